The Balaban J connectivity index is 1.31. The maximum atomic E-state index is 12.5. The third kappa shape index (κ3) is 3.39. The zero-order chi connectivity index (χ0) is 23.4. The molecule has 8 heteroatoms. The summed E-state index contributed by atoms with van der Waals surface area (Å²) >= 11 is 0. The van der Waals surface area contributed by atoms with Gasteiger partial charge < -0.3 is 14.5 Å². The van der Waals surface area contributed by atoms with E-state index < -0.39 is 0 Å². The Kier molecular flexibility index (Phi) is 5.13. The molecule has 0 spiro atoms. The summed E-state index contributed by atoms with van der Waals surface area (Å²) in [5.74, 6) is 1.00. The number of hydrogen-bond acceptors (Lipinski definition) is 7. The van der Waals surface area contributed by atoms with E-state index in [1.807, 2.05) is 4.90 Å². The summed E-state index contributed by atoms with van der Waals surface area (Å²) in [5.41, 5.74) is 5.00. The predicted octanol–water partition coefficient (Wildman–Crippen LogP) is 2.42. The minimum atomic E-state index is -0.165. The lowest BCUT2D eigenvalue weighted by Crippen LogP contribution is -2.64. The van der Waals surface area contributed by atoms with Crippen LogP contribution in [0.2, 0.25) is 0 Å². The Labute approximate surface area is 199 Å². The Bertz CT molecular complexity index is 1160. The number of carbonyl (C=O) groups is 2. The van der Waals surface area contributed by atoms with Crippen LogP contribution in [-0.4, -0.2) is 63.7 Å². The molecule has 0 radical (unpaired) electrons. The third-order valence-corrected chi connectivity index (χ3v) is 7.79. The number of hydrogen-bond donors (Lipinski definition) is 0. The van der Waals surface area contributed by atoms with Crippen LogP contribution in [0.25, 0.3) is 0 Å². The van der Waals surface area contributed by atoms with Gasteiger partial charge in [-0.1, -0.05) is 30.8 Å². The number of nitrogens with zero attached hydrogens (tertiary/aromatic N) is 5. The molecular weight excluding hydrogens is 430 g/mol. The summed E-state index contributed by atoms with van der Waals surface area (Å²) in [6.45, 7) is 6.35. The zero-order valence-electron chi connectivity index (χ0n) is 19.4. The molecule has 34 heavy (non-hydrogen) atoms. The third-order valence-electron chi connectivity index (χ3n) is 7.79. The van der Waals surface area contributed by atoms with Crippen LogP contribution in [0.5, 0.6) is 6.01 Å². The molecule has 2 saturated heterocycles. The molecule has 1 aliphatic carbocycles. The van der Waals surface area contributed by atoms with Gasteiger partial charge in [-0.2, -0.15) is 9.97 Å². The second-order valence-electron chi connectivity index (χ2n) is 9.73. The molecule has 1 amide bonds. The summed E-state index contributed by atoms with van der Waals surface area (Å²) in [6, 6.07) is 9.14. The number of methoxy groups -OCH3 is 1. The minimum Gasteiger partial charge on any atom is -0.467 e. The van der Waals surface area contributed by atoms with E-state index in [2.05, 4.69) is 40.6 Å². The number of carbonyl (C=O) groups excluding carboxylic acids is 2. The van der Waals surface area contributed by atoms with E-state index in [0.29, 0.717) is 38.0 Å². The first-order valence-electron chi connectivity index (χ1n) is 12.0. The van der Waals surface area contributed by atoms with Crippen molar-refractivity contribution >= 4 is 17.5 Å². The van der Waals surface area contributed by atoms with E-state index in [-0.39, 0.29) is 23.8 Å². The maximum Gasteiger partial charge on any atom is 0.318 e. The number of fused-ring (bicyclic) bond motifs is 4. The van der Waals surface area contributed by atoms with E-state index >= 15 is 0 Å². The highest BCUT2D eigenvalue weighted by molar-refractivity contribution is 5.91. The van der Waals surface area contributed by atoms with Gasteiger partial charge in [-0.3, -0.25) is 14.5 Å². The first kappa shape index (κ1) is 21.3. The maximum absolute atomic E-state index is 12.5. The second kappa shape index (κ2) is 8.20. The van der Waals surface area contributed by atoms with Gasteiger partial charge >= 0.3 is 6.01 Å². The Morgan fingerprint density at radius 3 is 2.65 bits per heavy atom. The Hall–Kier alpha value is -3.26. The topological polar surface area (TPSA) is 78.9 Å². The van der Waals surface area contributed by atoms with Crippen LogP contribution in [0.15, 0.2) is 36.9 Å². The molecule has 176 valence electrons. The lowest BCUT2D eigenvalue weighted by atomic mass is 9.90. The molecule has 3 unspecified atom stereocenters. The van der Waals surface area contributed by atoms with E-state index in [1.54, 1.807) is 7.11 Å². The molecule has 0 N–H and O–H groups in total. The van der Waals surface area contributed by atoms with Crippen molar-refractivity contribution in [1.82, 2.24) is 19.8 Å². The van der Waals surface area contributed by atoms with Gasteiger partial charge in [0.05, 0.1) is 24.9 Å². The summed E-state index contributed by atoms with van der Waals surface area (Å²) in [4.78, 5) is 40.9. The number of benzene rings is 1. The molecule has 8 nitrogen and oxygen atoms in total. The number of ether oxygens (including phenoxy) is 1. The fraction of sp³-hybridized carbons (Fsp3) is 0.462. The fourth-order valence-electron chi connectivity index (χ4n) is 6.36. The van der Waals surface area contributed by atoms with Crippen molar-refractivity contribution in [3.05, 3.63) is 59.3 Å². The van der Waals surface area contributed by atoms with Crippen molar-refractivity contribution in [2.45, 2.75) is 56.9 Å². The van der Waals surface area contributed by atoms with Crippen molar-refractivity contribution in [2.75, 3.05) is 25.1 Å². The lowest BCUT2D eigenvalue weighted by molar-refractivity contribution is -0.138. The number of ketones is 1. The number of rotatable bonds is 4. The van der Waals surface area contributed by atoms with Crippen LogP contribution in [0.1, 0.15) is 47.7 Å². The average Bonchev–Trinajstić information content (AvgIpc) is 3.45. The van der Waals surface area contributed by atoms with Gasteiger partial charge in [-0.25, -0.2) is 0 Å². The standard InChI is InChI=1S/C26H29N5O3/c1-3-24(33)31-17-10-19(32)11-18(31)13-30(12-17)25-21-14-29(15-22(21)27-26(28-25)34-2)23-9-8-16-6-4-5-7-20(16)23/h3-7,17-18,23H,1,8-15H2,2H3. The van der Waals surface area contributed by atoms with Crippen LogP contribution in [0.4, 0.5) is 5.82 Å². The molecule has 4 aliphatic rings. The monoisotopic (exact) mass is 459 g/mol. The van der Waals surface area contributed by atoms with Gasteiger partial charge in [0.2, 0.25) is 5.91 Å². The van der Waals surface area contributed by atoms with Crippen LogP contribution in [0.3, 0.4) is 0 Å². The molecule has 2 bridgehead atoms. The van der Waals surface area contributed by atoms with E-state index in [4.69, 9.17) is 14.7 Å². The molecule has 0 saturated carbocycles. The number of amides is 1. The van der Waals surface area contributed by atoms with Crippen molar-refractivity contribution in [2.24, 2.45) is 0 Å². The first-order chi connectivity index (χ1) is 16.6. The van der Waals surface area contributed by atoms with Crippen LogP contribution >= 0.6 is 0 Å². The summed E-state index contributed by atoms with van der Waals surface area (Å²) in [5, 5.41) is 0. The number of aryl methyl sites for hydroxylation is 1. The summed E-state index contributed by atoms with van der Waals surface area (Å²) in [7, 11) is 1.60. The van der Waals surface area contributed by atoms with E-state index in [0.717, 1.165) is 43.0 Å². The van der Waals surface area contributed by atoms with Crippen LogP contribution in [0, 0.1) is 0 Å². The van der Waals surface area contributed by atoms with Crippen molar-refractivity contribution in [1.29, 1.82) is 0 Å². The van der Waals surface area contributed by atoms with Gasteiger partial charge in [0, 0.05) is 50.6 Å². The molecule has 2 aromatic rings. The highest BCUT2D eigenvalue weighted by atomic mass is 16.5. The largest absolute Gasteiger partial charge is 0.467 e. The fourth-order valence-corrected chi connectivity index (χ4v) is 6.36. The average molecular weight is 460 g/mol. The van der Waals surface area contributed by atoms with Gasteiger partial charge in [0.25, 0.3) is 0 Å². The Morgan fingerprint density at radius 1 is 1.15 bits per heavy atom. The number of Topliss-reactive ketones (excluding diaryl/α,β-unsaturated/α-hetero) is 1. The second-order valence-corrected chi connectivity index (χ2v) is 9.73. The molecular formula is C26H29N5O3. The minimum absolute atomic E-state index is 0.0984. The van der Waals surface area contributed by atoms with Gasteiger partial charge in [-0.05, 0) is 30.0 Å². The lowest BCUT2D eigenvalue weighted by Gasteiger charge is -2.49. The SMILES string of the molecule is C=CC(=O)N1C2CC(=O)CC1CN(c1nc(OC)nc3c1CN(C1CCc4ccccc41)C3)C2. The number of aromatic nitrogens is 2. The van der Waals surface area contributed by atoms with Crippen LogP contribution in [-0.2, 0) is 29.1 Å². The van der Waals surface area contributed by atoms with Crippen molar-refractivity contribution in [3.8, 4) is 6.01 Å². The van der Waals surface area contributed by atoms with Gasteiger partial charge in [0.1, 0.15) is 11.6 Å². The molecule has 6 rings (SSSR count). The molecule has 3 aliphatic heterocycles. The summed E-state index contributed by atoms with van der Waals surface area (Å²) in [6.07, 6.45) is 4.33. The number of piperazine rings is 1. The van der Waals surface area contributed by atoms with Crippen molar-refractivity contribution in [3.63, 3.8) is 0 Å². The summed E-state index contributed by atoms with van der Waals surface area (Å²) < 4.78 is 5.48. The highest BCUT2D eigenvalue weighted by Crippen LogP contribution is 2.42. The number of piperidine rings is 1. The molecule has 4 heterocycles. The molecule has 1 aromatic carbocycles. The molecule has 1 aromatic heterocycles. The highest BCUT2D eigenvalue weighted by Gasteiger charge is 2.44. The van der Waals surface area contributed by atoms with Gasteiger partial charge in [0.15, 0.2) is 0 Å². The van der Waals surface area contributed by atoms with E-state index in [9.17, 15) is 9.59 Å². The van der Waals surface area contributed by atoms with Crippen molar-refractivity contribution < 1.29 is 14.3 Å². The Morgan fingerprint density at radius 2 is 1.91 bits per heavy atom. The quantitative estimate of drug-likeness (QED) is 0.650. The van der Waals surface area contributed by atoms with E-state index in [1.165, 1.54) is 17.2 Å². The van der Waals surface area contributed by atoms with Crippen LogP contribution < -0.4 is 9.64 Å². The first-order valence-corrected chi connectivity index (χ1v) is 12.0. The smallest absolute Gasteiger partial charge is 0.318 e. The van der Waals surface area contributed by atoms with Gasteiger partial charge in [-0.15, -0.1) is 0 Å². The zero-order valence-corrected chi connectivity index (χ0v) is 19.4. The molecule has 3 atom stereocenters. The number of anilines is 1. The normalized spacial score (nSPS) is 25.8. The predicted molar refractivity (Wildman–Crippen MR) is 126 cm³/mol. The molecule has 2 fully saturated rings.